The minimum absolute atomic E-state index is 0.190. The maximum Gasteiger partial charge on any atom is 0.245 e. The Morgan fingerprint density at radius 2 is 1.72 bits per heavy atom. The van der Waals surface area contributed by atoms with E-state index in [1.54, 1.807) is 24.3 Å². The molecule has 0 saturated carbocycles. The van der Waals surface area contributed by atoms with Crippen molar-refractivity contribution in [2.45, 2.75) is 0 Å². The number of amides is 1. The predicted octanol–water partition coefficient (Wildman–Crippen LogP) is 3.27. The summed E-state index contributed by atoms with van der Waals surface area (Å²) in [4.78, 5) is 12.2. The van der Waals surface area contributed by atoms with Gasteiger partial charge in [0.1, 0.15) is 6.54 Å². The Balaban J connectivity index is 2.22. The Kier molecular flexibility index (Phi) is 5.90. The first-order valence-corrected chi connectivity index (χ1v) is 9.53. The lowest BCUT2D eigenvalue weighted by Gasteiger charge is -2.22. The summed E-state index contributed by atoms with van der Waals surface area (Å²) in [6.45, 7) is -0.449. The minimum atomic E-state index is -3.74. The number of benzene rings is 2. The molecular formula is C16H13Cl2N3O3S. The van der Waals surface area contributed by atoms with Gasteiger partial charge in [-0.25, -0.2) is 8.42 Å². The van der Waals surface area contributed by atoms with E-state index in [9.17, 15) is 13.2 Å². The number of nitriles is 1. The van der Waals surface area contributed by atoms with Crippen LogP contribution in [-0.2, 0) is 14.8 Å². The average Bonchev–Trinajstić information content (AvgIpc) is 2.51. The quantitative estimate of drug-likeness (QED) is 0.837. The molecule has 1 amide bonds. The smallest absolute Gasteiger partial charge is 0.245 e. The van der Waals surface area contributed by atoms with Crippen molar-refractivity contribution in [3.8, 4) is 6.07 Å². The number of rotatable bonds is 5. The highest BCUT2D eigenvalue weighted by Crippen LogP contribution is 2.27. The summed E-state index contributed by atoms with van der Waals surface area (Å²) >= 11 is 11.8. The van der Waals surface area contributed by atoms with Crippen LogP contribution in [0.1, 0.15) is 5.56 Å². The van der Waals surface area contributed by atoms with Gasteiger partial charge < -0.3 is 5.32 Å². The van der Waals surface area contributed by atoms with E-state index in [2.05, 4.69) is 5.32 Å². The molecule has 2 rings (SSSR count). The zero-order valence-electron chi connectivity index (χ0n) is 13.0. The van der Waals surface area contributed by atoms with Crippen molar-refractivity contribution in [2.24, 2.45) is 0 Å². The zero-order chi connectivity index (χ0) is 18.6. The molecule has 0 spiro atoms. The second-order valence-electron chi connectivity index (χ2n) is 5.13. The summed E-state index contributed by atoms with van der Waals surface area (Å²) in [5.74, 6) is -0.550. The molecule has 25 heavy (non-hydrogen) atoms. The third kappa shape index (κ3) is 5.36. The third-order valence-corrected chi connectivity index (χ3v) is 4.70. The summed E-state index contributed by atoms with van der Waals surface area (Å²) in [5.41, 5.74) is 1.08. The maximum absolute atomic E-state index is 12.2. The fraction of sp³-hybridized carbons (Fsp3) is 0.125. The summed E-state index contributed by atoms with van der Waals surface area (Å²) in [6.07, 6.45) is 0.983. The number of hydrogen-bond donors (Lipinski definition) is 1. The van der Waals surface area contributed by atoms with Gasteiger partial charge in [0.25, 0.3) is 0 Å². The second kappa shape index (κ2) is 7.74. The van der Waals surface area contributed by atoms with Crippen LogP contribution in [0.4, 0.5) is 11.4 Å². The largest absolute Gasteiger partial charge is 0.325 e. The van der Waals surface area contributed by atoms with Crippen molar-refractivity contribution < 1.29 is 13.2 Å². The molecule has 0 saturated heterocycles. The van der Waals surface area contributed by atoms with E-state index < -0.39 is 22.5 Å². The van der Waals surface area contributed by atoms with Gasteiger partial charge in [-0.3, -0.25) is 9.10 Å². The van der Waals surface area contributed by atoms with Crippen molar-refractivity contribution in [3.05, 3.63) is 58.1 Å². The molecule has 6 nitrogen and oxygen atoms in total. The van der Waals surface area contributed by atoms with Crippen molar-refractivity contribution in [3.63, 3.8) is 0 Å². The molecule has 0 bridgehead atoms. The topological polar surface area (TPSA) is 90.3 Å². The molecule has 0 aliphatic carbocycles. The molecule has 0 radical (unpaired) electrons. The molecule has 0 fully saturated rings. The van der Waals surface area contributed by atoms with Crippen molar-refractivity contribution in [1.82, 2.24) is 0 Å². The molecule has 0 aliphatic heterocycles. The monoisotopic (exact) mass is 397 g/mol. The van der Waals surface area contributed by atoms with Crippen LogP contribution in [0.2, 0.25) is 10.0 Å². The first-order chi connectivity index (χ1) is 11.7. The van der Waals surface area contributed by atoms with E-state index in [-0.39, 0.29) is 15.7 Å². The average molecular weight is 398 g/mol. The van der Waals surface area contributed by atoms with E-state index in [1.807, 2.05) is 6.07 Å². The molecule has 9 heteroatoms. The Hall–Kier alpha value is -2.27. The van der Waals surface area contributed by atoms with Crippen molar-refractivity contribution >= 4 is 50.5 Å². The number of nitrogens with one attached hydrogen (secondary N) is 1. The van der Waals surface area contributed by atoms with Crippen LogP contribution in [0.3, 0.4) is 0 Å². The standard InChI is InChI=1S/C16H13Cl2N3O3S/c1-25(23,24)21(15-7-12(17)6-13(18)8-15)10-16(22)20-14-4-2-11(9-19)3-5-14/h2-8H,10H2,1H3,(H,20,22). The molecule has 2 aromatic rings. The number of carbonyl (C=O) groups excluding carboxylic acids is 1. The van der Waals surface area contributed by atoms with Crippen LogP contribution in [0.15, 0.2) is 42.5 Å². The van der Waals surface area contributed by atoms with Gasteiger partial charge in [0.2, 0.25) is 15.9 Å². The molecule has 2 aromatic carbocycles. The molecule has 0 heterocycles. The van der Waals surface area contributed by atoms with Gasteiger partial charge in [-0.2, -0.15) is 5.26 Å². The number of halogens is 2. The molecular weight excluding hydrogens is 385 g/mol. The maximum atomic E-state index is 12.2. The number of sulfonamides is 1. The van der Waals surface area contributed by atoms with E-state index in [0.29, 0.717) is 11.3 Å². The highest BCUT2D eigenvalue weighted by Gasteiger charge is 2.21. The minimum Gasteiger partial charge on any atom is -0.325 e. The molecule has 0 unspecified atom stereocenters. The van der Waals surface area contributed by atoms with Gasteiger partial charge in [0.15, 0.2) is 0 Å². The first-order valence-electron chi connectivity index (χ1n) is 6.93. The summed E-state index contributed by atoms with van der Waals surface area (Å²) in [6, 6.07) is 12.4. The molecule has 0 aliphatic rings. The normalized spacial score (nSPS) is 10.8. The molecule has 130 valence electrons. The van der Waals surface area contributed by atoms with Gasteiger partial charge in [-0.15, -0.1) is 0 Å². The van der Waals surface area contributed by atoms with Crippen LogP contribution >= 0.6 is 23.2 Å². The van der Waals surface area contributed by atoms with Crippen LogP contribution in [0.5, 0.6) is 0 Å². The van der Waals surface area contributed by atoms with E-state index >= 15 is 0 Å². The fourth-order valence-electron chi connectivity index (χ4n) is 2.04. The van der Waals surface area contributed by atoms with E-state index in [1.165, 1.54) is 18.2 Å². The van der Waals surface area contributed by atoms with Crippen LogP contribution in [0.25, 0.3) is 0 Å². The Morgan fingerprint density at radius 3 is 2.20 bits per heavy atom. The number of carbonyl (C=O) groups is 1. The van der Waals surface area contributed by atoms with Gasteiger partial charge >= 0.3 is 0 Å². The van der Waals surface area contributed by atoms with Crippen LogP contribution < -0.4 is 9.62 Å². The Bertz CT molecular complexity index is 918. The Morgan fingerprint density at radius 1 is 1.16 bits per heavy atom. The predicted molar refractivity (Wildman–Crippen MR) is 98.4 cm³/mol. The van der Waals surface area contributed by atoms with Crippen molar-refractivity contribution in [2.75, 3.05) is 22.4 Å². The lowest BCUT2D eigenvalue weighted by Crippen LogP contribution is -2.37. The highest BCUT2D eigenvalue weighted by molar-refractivity contribution is 7.92. The summed E-state index contributed by atoms with van der Waals surface area (Å²) < 4.78 is 25.0. The van der Waals surface area contributed by atoms with Gasteiger partial charge in [0, 0.05) is 15.7 Å². The number of nitrogens with zero attached hydrogens (tertiary/aromatic N) is 2. The lowest BCUT2D eigenvalue weighted by molar-refractivity contribution is -0.114. The Labute approximate surface area is 155 Å². The van der Waals surface area contributed by atoms with Crippen LogP contribution in [-0.4, -0.2) is 27.1 Å². The number of hydrogen-bond acceptors (Lipinski definition) is 4. The second-order valence-corrected chi connectivity index (χ2v) is 7.91. The summed E-state index contributed by atoms with van der Waals surface area (Å²) in [7, 11) is -3.74. The number of anilines is 2. The first kappa shape index (κ1) is 19.1. The van der Waals surface area contributed by atoms with E-state index in [0.717, 1.165) is 10.6 Å². The van der Waals surface area contributed by atoms with Crippen LogP contribution in [0, 0.1) is 11.3 Å². The van der Waals surface area contributed by atoms with Crippen molar-refractivity contribution in [1.29, 1.82) is 5.26 Å². The molecule has 1 N–H and O–H groups in total. The van der Waals surface area contributed by atoms with Gasteiger partial charge in [0.05, 0.1) is 23.6 Å². The van der Waals surface area contributed by atoms with Gasteiger partial charge in [-0.05, 0) is 42.5 Å². The molecule has 0 atom stereocenters. The van der Waals surface area contributed by atoms with Gasteiger partial charge in [-0.1, -0.05) is 23.2 Å². The summed E-state index contributed by atoms with van der Waals surface area (Å²) in [5, 5.41) is 11.8. The molecule has 0 aromatic heterocycles. The lowest BCUT2D eigenvalue weighted by atomic mass is 10.2. The third-order valence-electron chi connectivity index (χ3n) is 3.12. The fourth-order valence-corrected chi connectivity index (χ4v) is 3.40. The zero-order valence-corrected chi connectivity index (χ0v) is 15.4. The van der Waals surface area contributed by atoms with E-state index in [4.69, 9.17) is 28.5 Å². The SMILES string of the molecule is CS(=O)(=O)N(CC(=O)Nc1ccc(C#N)cc1)c1cc(Cl)cc(Cl)c1. The highest BCUT2D eigenvalue weighted by atomic mass is 35.5.